The number of hydrazone groups is 1. The zero-order valence-electron chi connectivity index (χ0n) is 9.19. The van der Waals surface area contributed by atoms with Gasteiger partial charge in [0.05, 0.1) is 12.0 Å². The molecule has 1 aliphatic rings. The van der Waals surface area contributed by atoms with Crippen molar-refractivity contribution in [3.8, 4) is 0 Å². The van der Waals surface area contributed by atoms with Gasteiger partial charge in [0.2, 0.25) is 5.91 Å². The summed E-state index contributed by atoms with van der Waals surface area (Å²) in [5.74, 6) is -1.92. The normalized spacial score (nSPS) is 20.4. The van der Waals surface area contributed by atoms with Crippen LogP contribution in [0.5, 0.6) is 0 Å². The Balaban J connectivity index is 2.56. The molecule has 0 bridgehead atoms. The molecule has 17 heavy (non-hydrogen) atoms. The minimum atomic E-state index is -1.68. The van der Waals surface area contributed by atoms with Gasteiger partial charge in [-0.1, -0.05) is 0 Å². The quantitative estimate of drug-likeness (QED) is 0.384. The van der Waals surface area contributed by atoms with Crippen LogP contribution in [-0.4, -0.2) is 52.2 Å². The summed E-state index contributed by atoms with van der Waals surface area (Å²) >= 11 is 0. The van der Waals surface area contributed by atoms with E-state index in [4.69, 9.17) is 21.5 Å². The first-order valence-corrected chi connectivity index (χ1v) is 5.19. The Labute approximate surface area is 98.4 Å². The summed E-state index contributed by atoms with van der Waals surface area (Å²) in [5, 5.41) is 22.7. The second kappa shape index (κ2) is 5.76. The van der Waals surface area contributed by atoms with Gasteiger partial charge in [-0.05, 0) is 6.42 Å². The third kappa shape index (κ3) is 3.51. The van der Waals surface area contributed by atoms with Gasteiger partial charge in [0, 0.05) is 19.1 Å². The lowest BCUT2D eigenvalue weighted by molar-refractivity contribution is -0.133. The van der Waals surface area contributed by atoms with Crippen LogP contribution in [0.4, 0.5) is 0 Å². The molecule has 0 aromatic carbocycles. The zero-order chi connectivity index (χ0) is 13.0. The van der Waals surface area contributed by atoms with E-state index in [-0.39, 0.29) is 19.3 Å². The van der Waals surface area contributed by atoms with Crippen molar-refractivity contribution in [3.05, 3.63) is 0 Å². The van der Waals surface area contributed by atoms with E-state index in [1.807, 2.05) is 0 Å². The van der Waals surface area contributed by atoms with Crippen molar-refractivity contribution in [1.29, 1.82) is 0 Å². The standard InChI is InChI=1S/C8H15BN4O4/c10-5(1-2-7(11)14)8(15)13-6(9(16)17)3-4-12-13/h4-6,16-17H,1-3,10H2,(H2,11,14)/t5-,6?/m0/s1. The minimum Gasteiger partial charge on any atom is -0.426 e. The highest BCUT2D eigenvalue weighted by molar-refractivity contribution is 6.44. The van der Waals surface area contributed by atoms with Gasteiger partial charge in [0.1, 0.15) is 0 Å². The molecule has 0 aromatic rings. The van der Waals surface area contributed by atoms with Crippen LogP contribution in [0.25, 0.3) is 0 Å². The van der Waals surface area contributed by atoms with Gasteiger partial charge >= 0.3 is 7.12 Å². The summed E-state index contributed by atoms with van der Waals surface area (Å²) in [4.78, 5) is 22.3. The molecule has 0 fully saturated rings. The third-order valence-corrected chi connectivity index (χ3v) is 2.46. The lowest BCUT2D eigenvalue weighted by atomic mass is 9.77. The monoisotopic (exact) mass is 242 g/mol. The highest BCUT2D eigenvalue weighted by Crippen LogP contribution is 2.14. The molecule has 8 nitrogen and oxygen atoms in total. The molecule has 1 aliphatic heterocycles. The molecule has 1 heterocycles. The smallest absolute Gasteiger partial charge is 0.426 e. The Morgan fingerprint density at radius 3 is 2.76 bits per heavy atom. The van der Waals surface area contributed by atoms with Gasteiger partial charge in [-0.3, -0.25) is 9.59 Å². The maximum absolute atomic E-state index is 11.8. The first-order valence-electron chi connectivity index (χ1n) is 5.19. The van der Waals surface area contributed by atoms with E-state index in [1.165, 1.54) is 6.21 Å². The second-order valence-electron chi connectivity index (χ2n) is 3.81. The minimum absolute atomic E-state index is 0.00317. The summed E-state index contributed by atoms with van der Waals surface area (Å²) in [6.45, 7) is 0. The van der Waals surface area contributed by atoms with Crippen LogP contribution < -0.4 is 11.5 Å². The molecular formula is C8H15BN4O4. The number of carbonyl (C=O) groups excluding carboxylic acids is 2. The van der Waals surface area contributed by atoms with Crippen molar-refractivity contribution in [2.75, 3.05) is 0 Å². The Morgan fingerprint density at radius 2 is 2.24 bits per heavy atom. The summed E-state index contributed by atoms with van der Waals surface area (Å²) in [5.41, 5.74) is 10.5. The largest absolute Gasteiger partial charge is 0.478 e. The fraction of sp³-hybridized carbons (Fsp3) is 0.625. The van der Waals surface area contributed by atoms with Crippen LogP contribution in [0.3, 0.4) is 0 Å². The number of rotatable bonds is 5. The molecule has 0 spiro atoms. The first-order chi connectivity index (χ1) is 7.93. The molecule has 9 heteroatoms. The molecule has 2 amide bonds. The maximum atomic E-state index is 11.8. The molecule has 0 saturated carbocycles. The SMILES string of the molecule is NC(=O)CC[C@H](N)C(=O)N1N=CCC1B(O)O. The summed E-state index contributed by atoms with van der Waals surface area (Å²) < 4.78 is 0. The summed E-state index contributed by atoms with van der Waals surface area (Å²) in [7, 11) is -1.68. The molecule has 94 valence electrons. The van der Waals surface area contributed by atoms with Gasteiger partial charge in [-0.2, -0.15) is 5.10 Å². The van der Waals surface area contributed by atoms with Crippen LogP contribution in [0.15, 0.2) is 5.10 Å². The molecule has 0 saturated heterocycles. The van der Waals surface area contributed by atoms with Crippen LogP contribution >= 0.6 is 0 Å². The van der Waals surface area contributed by atoms with Crippen LogP contribution in [-0.2, 0) is 9.59 Å². The molecule has 0 aromatic heterocycles. The van der Waals surface area contributed by atoms with Crippen molar-refractivity contribution >= 4 is 25.1 Å². The van der Waals surface area contributed by atoms with E-state index >= 15 is 0 Å². The number of hydrogen-bond acceptors (Lipinski definition) is 6. The van der Waals surface area contributed by atoms with Crippen molar-refractivity contribution in [1.82, 2.24) is 5.01 Å². The van der Waals surface area contributed by atoms with E-state index in [9.17, 15) is 9.59 Å². The number of amides is 2. The van der Waals surface area contributed by atoms with Gasteiger partial charge in [0.15, 0.2) is 0 Å². The first kappa shape index (κ1) is 13.6. The lowest BCUT2D eigenvalue weighted by Crippen LogP contribution is -2.50. The van der Waals surface area contributed by atoms with Gasteiger partial charge in [0.25, 0.3) is 5.91 Å². The van der Waals surface area contributed by atoms with Crippen molar-refractivity contribution in [2.45, 2.75) is 31.2 Å². The number of nitrogens with zero attached hydrogens (tertiary/aromatic N) is 2. The Kier molecular flexibility index (Phi) is 4.61. The van der Waals surface area contributed by atoms with Crippen LogP contribution in [0, 0.1) is 0 Å². The van der Waals surface area contributed by atoms with E-state index in [1.54, 1.807) is 0 Å². The van der Waals surface area contributed by atoms with Crippen molar-refractivity contribution in [2.24, 2.45) is 16.6 Å². The zero-order valence-corrected chi connectivity index (χ0v) is 9.19. The molecule has 1 rings (SSSR count). The molecule has 0 radical (unpaired) electrons. The van der Waals surface area contributed by atoms with E-state index in [0.717, 1.165) is 5.01 Å². The van der Waals surface area contributed by atoms with E-state index in [0.29, 0.717) is 0 Å². The fourth-order valence-corrected chi connectivity index (χ4v) is 1.49. The summed E-state index contributed by atoms with van der Waals surface area (Å²) in [6.07, 6.45) is 1.76. The second-order valence-corrected chi connectivity index (χ2v) is 3.81. The molecule has 6 N–H and O–H groups in total. The highest BCUT2D eigenvalue weighted by atomic mass is 16.4. The topological polar surface area (TPSA) is 142 Å². The van der Waals surface area contributed by atoms with E-state index in [2.05, 4.69) is 5.10 Å². The molecule has 2 atom stereocenters. The van der Waals surface area contributed by atoms with E-state index < -0.39 is 30.9 Å². The molecule has 1 unspecified atom stereocenters. The third-order valence-electron chi connectivity index (χ3n) is 2.46. The average Bonchev–Trinajstić information content (AvgIpc) is 2.73. The Hall–Kier alpha value is -1.45. The number of carbonyl (C=O) groups is 2. The molecule has 0 aliphatic carbocycles. The fourth-order valence-electron chi connectivity index (χ4n) is 1.49. The Bertz CT molecular complexity index is 335. The Morgan fingerprint density at radius 1 is 1.59 bits per heavy atom. The number of nitrogens with two attached hydrogens (primary N) is 2. The number of primary amides is 1. The van der Waals surface area contributed by atoms with Crippen molar-refractivity contribution < 1.29 is 19.6 Å². The van der Waals surface area contributed by atoms with Crippen LogP contribution in [0.1, 0.15) is 19.3 Å². The predicted octanol–water partition coefficient (Wildman–Crippen LogP) is -2.82. The predicted molar refractivity (Wildman–Crippen MR) is 60.3 cm³/mol. The maximum Gasteiger partial charge on any atom is 0.478 e. The van der Waals surface area contributed by atoms with Gasteiger partial charge in [-0.15, -0.1) is 0 Å². The lowest BCUT2D eigenvalue weighted by Gasteiger charge is -2.23. The van der Waals surface area contributed by atoms with Gasteiger partial charge in [-0.25, -0.2) is 5.01 Å². The number of hydrogen-bond donors (Lipinski definition) is 4. The van der Waals surface area contributed by atoms with Crippen molar-refractivity contribution in [3.63, 3.8) is 0 Å². The molecular weight excluding hydrogens is 227 g/mol. The average molecular weight is 242 g/mol. The summed E-state index contributed by atoms with van der Waals surface area (Å²) in [6, 6.07) is -0.931. The van der Waals surface area contributed by atoms with Crippen LogP contribution in [0.2, 0.25) is 0 Å². The van der Waals surface area contributed by atoms with Gasteiger partial charge < -0.3 is 21.5 Å². The highest BCUT2D eigenvalue weighted by Gasteiger charge is 2.37.